The van der Waals surface area contributed by atoms with Crippen molar-refractivity contribution < 1.29 is 8.91 Å². The first-order valence-electron chi connectivity index (χ1n) is 5.27. The lowest BCUT2D eigenvalue weighted by molar-refractivity contribution is 0.437. The molecule has 0 aliphatic rings. The molecule has 0 fully saturated rings. The third-order valence-electron chi connectivity index (χ3n) is 2.60. The van der Waals surface area contributed by atoms with E-state index in [1.165, 1.54) is 17.4 Å². The predicted octanol–water partition coefficient (Wildman–Crippen LogP) is 3.84. The van der Waals surface area contributed by atoms with E-state index in [0.717, 1.165) is 4.88 Å². The van der Waals surface area contributed by atoms with Crippen molar-refractivity contribution in [1.82, 2.24) is 10.1 Å². The molecule has 2 N–H and O–H groups in total. The number of anilines is 1. The molecule has 0 aliphatic heterocycles. The highest BCUT2D eigenvalue weighted by Crippen LogP contribution is 2.40. The molecule has 3 rings (SSSR count). The molecule has 0 unspecified atom stereocenters. The van der Waals surface area contributed by atoms with Crippen LogP contribution >= 0.6 is 22.9 Å². The fraction of sp³-hybridized carbons (Fsp3) is 0. The minimum atomic E-state index is -0.551. The smallest absolute Gasteiger partial charge is 0.188 e. The van der Waals surface area contributed by atoms with Gasteiger partial charge in [0.2, 0.25) is 0 Å². The third-order valence-corrected chi connectivity index (χ3v) is 3.66. The van der Waals surface area contributed by atoms with Gasteiger partial charge in [0.1, 0.15) is 5.82 Å². The molecular weight excluding hydrogens is 289 g/mol. The number of rotatable bonds is 2. The lowest BCUT2D eigenvalue weighted by Crippen LogP contribution is -1.91. The van der Waals surface area contributed by atoms with E-state index >= 15 is 0 Å². The molecule has 0 amide bonds. The van der Waals surface area contributed by atoms with Crippen LogP contribution in [0.5, 0.6) is 0 Å². The number of nitrogen functional groups attached to an aromatic ring is 1. The van der Waals surface area contributed by atoms with Crippen LogP contribution in [0.3, 0.4) is 0 Å². The van der Waals surface area contributed by atoms with Crippen LogP contribution in [0.2, 0.25) is 5.02 Å². The highest BCUT2D eigenvalue weighted by Gasteiger charge is 2.22. The van der Waals surface area contributed by atoms with Gasteiger partial charge in [0.25, 0.3) is 0 Å². The average molecular weight is 296 g/mol. The fourth-order valence-electron chi connectivity index (χ4n) is 1.76. The second-order valence-electron chi connectivity index (χ2n) is 3.74. The van der Waals surface area contributed by atoms with Crippen LogP contribution in [0.25, 0.3) is 21.8 Å². The Balaban J connectivity index is 2.26. The van der Waals surface area contributed by atoms with Crippen LogP contribution in [0, 0.1) is 5.82 Å². The molecular formula is C12H7ClFN3OS. The van der Waals surface area contributed by atoms with Crippen LogP contribution in [0.1, 0.15) is 0 Å². The minimum Gasteiger partial charge on any atom is -0.380 e. The van der Waals surface area contributed by atoms with Crippen molar-refractivity contribution in [2.75, 3.05) is 5.73 Å². The molecule has 96 valence electrons. The number of benzene rings is 1. The standard InChI is InChI=1S/C12H7ClFN3OS/c13-7-3-1-2-6(10(7)14)9-11(18-17-12(9)15)8-4-16-5-19-8/h1-5H,(H2,15,17). The van der Waals surface area contributed by atoms with Gasteiger partial charge in [-0.25, -0.2) is 4.39 Å². The van der Waals surface area contributed by atoms with Crippen LogP contribution in [0.15, 0.2) is 34.4 Å². The number of hydrogen-bond acceptors (Lipinski definition) is 5. The predicted molar refractivity (Wildman–Crippen MR) is 72.4 cm³/mol. The highest BCUT2D eigenvalue weighted by molar-refractivity contribution is 7.13. The Bertz CT molecular complexity index is 727. The largest absolute Gasteiger partial charge is 0.380 e. The van der Waals surface area contributed by atoms with Crippen molar-refractivity contribution in [1.29, 1.82) is 0 Å². The summed E-state index contributed by atoms with van der Waals surface area (Å²) in [6.45, 7) is 0. The lowest BCUT2D eigenvalue weighted by atomic mass is 10.0. The van der Waals surface area contributed by atoms with Gasteiger partial charge in [0.05, 0.1) is 21.0 Å². The molecule has 2 aromatic heterocycles. The molecule has 0 radical (unpaired) electrons. The van der Waals surface area contributed by atoms with Crippen molar-refractivity contribution in [3.63, 3.8) is 0 Å². The summed E-state index contributed by atoms with van der Waals surface area (Å²) in [7, 11) is 0. The Morgan fingerprint density at radius 1 is 1.37 bits per heavy atom. The van der Waals surface area contributed by atoms with Gasteiger partial charge < -0.3 is 10.3 Å². The van der Waals surface area contributed by atoms with E-state index in [0.29, 0.717) is 11.3 Å². The van der Waals surface area contributed by atoms with Gasteiger partial charge in [-0.2, -0.15) is 0 Å². The van der Waals surface area contributed by atoms with Gasteiger partial charge in [-0.1, -0.05) is 28.9 Å². The summed E-state index contributed by atoms with van der Waals surface area (Å²) in [5.41, 5.74) is 8.06. The molecule has 4 nitrogen and oxygen atoms in total. The summed E-state index contributed by atoms with van der Waals surface area (Å²) < 4.78 is 19.3. The highest BCUT2D eigenvalue weighted by atomic mass is 35.5. The van der Waals surface area contributed by atoms with Crippen molar-refractivity contribution in [2.45, 2.75) is 0 Å². The lowest BCUT2D eigenvalue weighted by Gasteiger charge is -2.04. The Kier molecular flexibility index (Phi) is 2.96. The number of nitrogens with zero attached hydrogens (tertiary/aromatic N) is 2. The first kappa shape index (κ1) is 12.1. The minimum absolute atomic E-state index is 0.0216. The molecule has 19 heavy (non-hydrogen) atoms. The number of hydrogen-bond donors (Lipinski definition) is 1. The van der Waals surface area contributed by atoms with Gasteiger partial charge >= 0.3 is 0 Å². The van der Waals surface area contributed by atoms with Crippen LogP contribution in [-0.2, 0) is 0 Å². The number of thiazole rings is 1. The normalized spacial score (nSPS) is 10.8. The van der Waals surface area contributed by atoms with Crippen LogP contribution in [-0.4, -0.2) is 10.1 Å². The second kappa shape index (κ2) is 4.64. The maximum Gasteiger partial charge on any atom is 0.188 e. The van der Waals surface area contributed by atoms with Crippen LogP contribution < -0.4 is 5.73 Å². The van der Waals surface area contributed by atoms with Gasteiger partial charge in [-0.3, -0.25) is 4.98 Å². The quantitative estimate of drug-likeness (QED) is 0.780. The van der Waals surface area contributed by atoms with E-state index in [2.05, 4.69) is 10.1 Å². The Labute approximate surface area is 116 Å². The maximum absolute atomic E-state index is 14.1. The summed E-state index contributed by atoms with van der Waals surface area (Å²) in [6, 6.07) is 4.69. The molecule has 0 saturated carbocycles. The van der Waals surface area contributed by atoms with E-state index in [-0.39, 0.29) is 16.4 Å². The number of halogens is 2. The zero-order valence-corrected chi connectivity index (χ0v) is 11.0. The van der Waals surface area contributed by atoms with E-state index in [4.69, 9.17) is 21.9 Å². The molecule has 0 atom stereocenters. The third kappa shape index (κ3) is 1.98. The maximum atomic E-state index is 14.1. The molecule has 3 aromatic rings. The summed E-state index contributed by atoms with van der Waals surface area (Å²) in [4.78, 5) is 4.67. The molecule has 0 aliphatic carbocycles. The Hall–Kier alpha value is -1.92. The van der Waals surface area contributed by atoms with E-state index in [1.54, 1.807) is 23.8 Å². The molecule has 7 heteroatoms. The van der Waals surface area contributed by atoms with Gasteiger partial charge in [0.15, 0.2) is 11.6 Å². The number of nitrogens with two attached hydrogens (primary N) is 1. The molecule has 0 saturated heterocycles. The SMILES string of the molecule is Nc1noc(-c2cncs2)c1-c1cccc(Cl)c1F. The van der Waals surface area contributed by atoms with E-state index < -0.39 is 5.82 Å². The summed E-state index contributed by atoms with van der Waals surface area (Å²) >= 11 is 7.14. The van der Waals surface area contributed by atoms with E-state index in [1.807, 2.05) is 0 Å². The van der Waals surface area contributed by atoms with Gasteiger partial charge in [-0.15, -0.1) is 11.3 Å². The van der Waals surface area contributed by atoms with Crippen molar-refractivity contribution in [3.05, 3.63) is 40.7 Å². The van der Waals surface area contributed by atoms with Crippen molar-refractivity contribution >= 4 is 28.8 Å². The molecule has 2 heterocycles. The molecule has 0 bridgehead atoms. The molecule has 0 spiro atoms. The zero-order valence-electron chi connectivity index (χ0n) is 9.43. The molecule has 1 aromatic carbocycles. The van der Waals surface area contributed by atoms with Crippen molar-refractivity contribution in [2.24, 2.45) is 0 Å². The summed E-state index contributed by atoms with van der Waals surface area (Å²) in [5.74, 6) is -0.0458. The number of aromatic nitrogens is 2. The monoisotopic (exact) mass is 295 g/mol. The van der Waals surface area contributed by atoms with Gasteiger partial charge in [-0.05, 0) is 6.07 Å². The Morgan fingerprint density at radius 2 is 2.21 bits per heavy atom. The van der Waals surface area contributed by atoms with Gasteiger partial charge in [0, 0.05) is 11.8 Å². The second-order valence-corrected chi connectivity index (χ2v) is 5.03. The summed E-state index contributed by atoms with van der Waals surface area (Å²) in [5, 5.41) is 3.71. The van der Waals surface area contributed by atoms with Crippen molar-refractivity contribution in [3.8, 4) is 21.8 Å². The zero-order chi connectivity index (χ0) is 13.4. The topological polar surface area (TPSA) is 64.9 Å². The fourth-order valence-corrected chi connectivity index (χ4v) is 2.53. The van der Waals surface area contributed by atoms with E-state index in [9.17, 15) is 4.39 Å². The average Bonchev–Trinajstić information content (AvgIpc) is 3.02. The summed E-state index contributed by atoms with van der Waals surface area (Å²) in [6.07, 6.45) is 1.61. The first-order valence-corrected chi connectivity index (χ1v) is 6.52. The van der Waals surface area contributed by atoms with Crippen LogP contribution in [0.4, 0.5) is 10.2 Å². The first-order chi connectivity index (χ1) is 9.18. The Morgan fingerprint density at radius 3 is 2.95 bits per heavy atom.